The molecule has 11 nitrogen and oxygen atoms in total. The van der Waals surface area contributed by atoms with Crippen LogP contribution in [0.5, 0.6) is 5.75 Å². The largest absolute Gasteiger partial charge is 0.573 e. The molecule has 0 aliphatic heterocycles. The predicted octanol–water partition coefficient (Wildman–Crippen LogP) is 6.61. The van der Waals surface area contributed by atoms with Crippen LogP contribution < -0.4 is 15.4 Å². The van der Waals surface area contributed by atoms with E-state index in [2.05, 4.69) is 60.8 Å². The number of nitrogens with one attached hydrogen (secondary N) is 2. The summed E-state index contributed by atoms with van der Waals surface area (Å²) in [6.07, 6.45) is -1.39. The molecule has 1 aromatic carbocycles. The van der Waals surface area contributed by atoms with Crippen LogP contribution in [-0.4, -0.2) is 71.1 Å². The molecule has 0 spiro atoms. The number of imidazole rings is 2. The van der Waals surface area contributed by atoms with Crippen LogP contribution in [-0.2, 0) is 0 Å². The predicted molar refractivity (Wildman–Crippen MR) is 180 cm³/mol. The van der Waals surface area contributed by atoms with Crippen LogP contribution >= 0.6 is 11.3 Å². The highest BCUT2D eigenvalue weighted by Crippen LogP contribution is 2.29. The van der Waals surface area contributed by atoms with Crippen molar-refractivity contribution in [2.75, 3.05) is 23.8 Å². The van der Waals surface area contributed by atoms with Crippen molar-refractivity contribution in [3.05, 3.63) is 77.8 Å². The summed E-state index contributed by atoms with van der Waals surface area (Å²) >= 11 is 1.65. The average molecular weight is 683 g/mol. The van der Waals surface area contributed by atoms with Gasteiger partial charge in [-0.1, -0.05) is 39.8 Å². The van der Waals surface area contributed by atoms with E-state index in [-0.39, 0.29) is 37.0 Å². The number of hydrogen-bond donors (Lipinski definition) is 4. The molecule has 0 saturated heterocycles. The molecule has 0 unspecified atom stereocenters. The van der Waals surface area contributed by atoms with Gasteiger partial charge >= 0.3 is 6.36 Å². The van der Waals surface area contributed by atoms with E-state index in [0.717, 1.165) is 22.7 Å². The number of anilines is 2. The van der Waals surface area contributed by atoms with Crippen molar-refractivity contribution >= 4 is 34.3 Å². The number of aliphatic hydroxyl groups excluding tert-OH is 2. The fourth-order valence-corrected chi connectivity index (χ4v) is 5.43. The number of aromatic nitrogens is 6. The van der Waals surface area contributed by atoms with E-state index in [4.69, 9.17) is 0 Å². The Labute approximate surface area is 279 Å². The first kappa shape index (κ1) is 34.6. The quantitative estimate of drug-likeness (QED) is 0.119. The number of halogens is 3. The van der Waals surface area contributed by atoms with Gasteiger partial charge in [0.2, 0.25) is 0 Å². The molecule has 0 aliphatic carbocycles. The first-order valence-corrected chi connectivity index (χ1v) is 16.2. The summed E-state index contributed by atoms with van der Waals surface area (Å²) in [5.41, 5.74) is 4.44. The van der Waals surface area contributed by atoms with Crippen LogP contribution in [0.2, 0.25) is 0 Å². The molecular formula is C33H37F3N8O3S. The van der Waals surface area contributed by atoms with E-state index in [0.29, 0.717) is 28.6 Å². The van der Waals surface area contributed by atoms with E-state index >= 15 is 0 Å². The molecule has 48 heavy (non-hydrogen) atoms. The summed E-state index contributed by atoms with van der Waals surface area (Å²) in [5, 5.41) is 38.5. The minimum atomic E-state index is -4.76. The van der Waals surface area contributed by atoms with Crippen molar-refractivity contribution in [1.29, 1.82) is 0 Å². The van der Waals surface area contributed by atoms with E-state index in [9.17, 15) is 23.4 Å². The number of nitrogens with zero attached hydrogens (tertiary/aromatic N) is 6. The highest BCUT2D eigenvalue weighted by Gasteiger charge is 2.31. The van der Waals surface area contributed by atoms with Gasteiger partial charge < -0.3 is 25.6 Å². The van der Waals surface area contributed by atoms with Crippen molar-refractivity contribution in [3.8, 4) is 28.3 Å². The summed E-state index contributed by atoms with van der Waals surface area (Å²) in [7, 11) is 0. The van der Waals surface area contributed by atoms with Crippen LogP contribution in [0.1, 0.15) is 27.7 Å². The first-order chi connectivity index (χ1) is 23.0. The fourth-order valence-electron chi connectivity index (χ4n) is 4.78. The maximum atomic E-state index is 12.5. The first-order valence-electron chi connectivity index (χ1n) is 15.3. The number of alkyl halides is 3. The van der Waals surface area contributed by atoms with Gasteiger partial charge in [-0.2, -0.15) is 11.3 Å². The Balaban J connectivity index is 0.000000194. The third-order valence-electron chi connectivity index (χ3n) is 7.57. The van der Waals surface area contributed by atoms with Gasteiger partial charge in [-0.25, -0.2) is 19.0 Å². The number of benzene rings is 1. The SMILES string of the molecule is CC(C)[C@@H](CO)Nc1ccc2ncc(-c3cccc(OC(F)(F)F)c3)n2n1.CC(C)[C@@H](CO)Nc1ccc2ncc(-c3ccsc3)n2n1. The number of thiophene rings is 1. The second kappa shape index (κ2) is 15.0. The molecular weight excluding hydrogens is 645 g/mol. The maximum absolute atomic E-state index is 12.5. The Morgan fingerprint density at radius 3 is 1.77 bits per heavy atom. The monoisotopic (exact) mass is 682 g/mol. The van der Waals surface area contributed by atoms with E-state index in [1.807, 2.05) is 42.1 Å². The normalized spacial score (nSPS) is 13.1. The lowest BCUT2D eigenvalue weighted by molar-refractivity contribution is -0.274. The molecule has 0 aliphatic rings. The van der Waals surface area contributed by atoms with Crippen LogP contribution in [0.15, 0.2) is 77.8 Å². The molecule has 6 aromatic rings. The van der Waals surface area contributed by atoms with Crippen molar-refractivity contribution < 1.29 is 28.1 Å². The Kier molecular flexibility index (Phi) is 10.8. The zero-order valence-corrected chi connectivity index (χ0v) is 27.6. The second-order valence-corrected chi connectivity index (χ2v) is 12.5. The molecule has 5 aromatic heterocycles. The van der Waals surface area contributed by atoms with Gasteiger partial charge in [-0.15, -0.1) is 23.4 Å². The zero-order valence-electron chi connectivity index (χ0n) is 26.8. The molecule has 5 heterocycles. The van der Waals surface area contributed by atoms with E-state index < -0.39 is 6.36 Å². The van der Waals surface area contributed by atoms with Gasteiger partial charge in [0.25, 0.3) is 0 Å². The van der Waals surface area contributed by atoms with Gasteiger partial charge in [-0.05, 0) is 59.7 Å². The van der Waals surface area contributed by atoms with Crippen LogP contribution in [0.3, 0.4) is 0 Å². The average Bonchev–Trinajstić information content (AvgIpc) is 3.81. The summed E-state index contributed by atoms with van der Waals surface area (Å²) in [5.74, 6) is 1.46. The molecule has 15 heteroatoms. The molecule has 2 atom stereocenters. The number of rotatable bonds is 11. The standard InChI is InChI=1S/C18H19F3N4O2.C15H18N4OS/c1-11(2)14(10-26)23-16-6-7-17-22-9-15(25(17)24-16)12-4-3-5-13(8-12)27-18(19,20)21;1-10(2)12(8-20)17-14-3-4-15-16-7-13(19(15)18-14)11-5-6-21-9-11/h3-9,11,14,26H,10H2,1-2H3,(H,23,24);3-7,9-10,12,20H,8H2,1-2H3,(H,17,18)/t14-;12-/m11/s1. The third-order valence-corrected chi connectivity index (χ3v) is 8.26. The Morgan fingerprint density at radius 1 is 0.771 bits per heavy atom. The number of hydrogen-bond acceptors (Lipinski definition) is 10. The van der Waals surface area contributed by atoms with Crippen molar-refractivity contribution in [3.63, 3.8) is 0 Å². The molecule has 0 amide bonds. The van der Waals surface area contributed by atoms with Crippen molar-refractivity contribution in [1.82, 2.24) is 29.2 Å². The Morgan fingerprint density at radius 2 is 1.31 bits per heavy atom. The highest BCUT2D eigenvalue weighted by atomic mass is 32.1. The topological polar surface area (TPSA) is 134 Å². The Hall–Kier alpha value is -4.73. The zero-order chi connectivity index (χ0) is 34.4. The van der Waals surface area contributed by atoms with Crippen molar-refractivity contribution in [2.24, 2.45) is 11.8 Å². The lowest BCUT2D eigenvalue weighted by Crippen LogP contribution is -2.30. The highest BCUT2D eigenvalue weighted by molar-refractivity contribution is 7.08. The van der Waals surface area contributed by atoms with Crippen LogP contribution in [0, 0.1) is 11.8 Å². The van der Waals surface area contributed by atoms with Gasteiger partial charge in [0.05, 0.1) is 49.1 Å². The lowest BCUT2D eigenvalue weighted by atomic mass is 10.1. The summed E-state index contributed by atoms with van der Waals surface area (Å²) in [6, 6.07) is 14.8. The van der Waals surface area contributed by atoms with Gasteiger partial charge in [-0.3, -0.25) is 0 Å². The van der Waals surface area contributed by atoms with Crippen LogP contribution in [0.4, 0.5) is 24.8 Å². The number of ether oxygens (including phenoxy) is 1. The van der Waals surface area contributed by atoms with Crippen LogP contribution in [0.25, 0.3) is 33.8 Å². The smallest absolute Gasteiger partial charge is 0.406 e. The molecule has 0 bridgehead atoms. The van der Waals surface area contributed by atoms with Gasteiger partial charge in [0.1, 0.15) is 17.4 Å². The maximum Gasteiger partial charge on any atom is 0.573 e. The molecule has 0 radical (unpaired) electrons. The van der Waals surface area contributed by atoms with Crippen molar-refractivity contribution in [2.45, 2.75) is 46.1 Å². The molecule has 0 fully saturated rings. The van der Waals surface area contributed by atoms with E-state index in [1.54, 1.807) is 29.5 Å². The second-order valence-electron chi connectivity index (χ2n) is 11.7. The van der Waals surface area contributed by atoms with Gasteiger partial charge in [0.15, 0.2) is 11.3 Å². The van der Waals surface area contributed by atoms with E-state index in [1.165, 1.54) is 28.9 Å². The van der Waals surface area contributed by atoms with Gasteiger partial charge in [0, 0.05) is 16.5 Å². The number of fused-ring (bicyclic) bond motifs is 2. The molecule has 4 N–H and O–H groups in total. The summed E-state index contributed by atoms with van der Waals surface area (Å²) in [6.45, 7) is 8.12. The minimum absolute atomic E-state index is 0.0110. The third kappa shape index (κ3) is 8.40. The number of aliphatic hydroxyl groups is 2. The lowest BCUT2D eigenvalue weighted by Gasteiger charge is -2.20. The molecule has 0 saturated carbocycles. The summed E-state index contributed by atoms with van der Waals surface area (Å²) < 4.78 is 44.7. The molecule has 6 rings (SSSR count). The fraction of sp³-hybridized carbons (Fsp3) is 0.333. The minimum Gasteiger partial charge on any atom is -0.406 e. The Bertz CT molecular complexity index is 1920. The molecule has 254 valence electrons. The summed E-state index contributed by atoms with van der Waals surface area (Å²) in [4.78, 5) is 8.61.